The monoisotopic (exact) mass is 248 g/mol. The number of rotatable bonds is 1. The van der Waals surface area contributed by atoms with Crippen molar-refractivity contribution in [3.8, 4) is 0 Å². The van der Waals surface area contributed by atoms with Gasteiger partial charge in [-0.1, -0.05) is 25.3 Å². The molecule has 0 unspecified atom stereocenters. The Bertz CT molecular complexity index is 407. The topological polar surface area (TPSA) is 15.3 Å². The van der Waals surface area contributed by atoms with Crippen LogP contribution in [0.4, 0.5) is 10.1 Å². The summed E-state index contributed by atoms with van der Waals surface area (Å²) in [6.45, 7) is 3.01. The van der Waals surface area contributed by atoms with Gasteiger partial charge in [0, 0.05) is 30.9 Å². The van der Waals surface area contributed by atoms with Crippen molar-refractivity contribution in [2.45, 2.75) is 37.6 Å². The summed E-state index contributed by atoms with van der Waals surface area (Å²) in [5, 5.41) is 3.71. The molecule has 1 spiro atoms. The maximum atomic E-state index is 13.3. The summed E-state index contributed by atoms with van der Waals surface area (Å²) in [5.41, 5.74) is 1.31. The molecule has 1 aromatic rings. The first-order chi connectivity index (χ1) is 8.77. The molecule has 0 atom stereocenters. The molecule has 1 saturated carbocycles. The molecule has 0 aromatic heterocycles. The Morgan fingerprint density at radius 3 is 2.78 bits per heavy atom. The molecule has 2 nitrogen and oxygen atoms in total. The molecule has 1 N–H and O–H groups in total. The molecule has 3 heteroatoms. The molecule has 1 aliphatic heterocycles. The third kappa shape index (κ3) is 2.37. The molecular weight excluding hydrogens is 227 g/mol. The van der Waals surface area contributed by atoms with Crippen LogP contribution in [0.25, 0.3) is 0 Å². The predicted molar refractivity (Wildman–Crippen MR) is 72.4 cm³/mol. The largest absolute Gasteiger partial charge is 0.368 e. The highest BCUT2D eigenvalue weighted by atomic mass is 19.1. The normalized spacial score (nSPS) is 23.3. The van der Waals surface area contributed by atoms with E-state index in [-0.39, 0.29) is 11.4 Å². The van der Waals surface area contributed by atoms with E-state index in [1.165, 1.54) is 38.2 Å². The zero-order valence-electron chi connectivity index (χ0n) is 10.8. The van der Waals surface area contributed by atoms with E-state index in [4.69, 9.17) is 0 Å². The zero-order valence-corrected chi connectivity index (χ0v) is 10.8. The lowest BCUT2D eigenvalue weighted by molar-refractivity contribution is 0.216. The number of anilines is 1. The van der Waals surface area contributed by atoms with E-state index in [2.05, 4.69) is 10.2 Å². The minimum Gasteiger partial charge on any atom is -0.368 e. The molecule has 1 heterocycles. The van der Waals surface area contributed by atoms with Crippen molar-refractivity contribution in [3.63, 3.8) is 0 Å². The van der Waals surface area contributed by atoms with Crippen molar-refractivity contribution < 1.29 is 4.39 Å². The van der Waals surface area contributed by atoms with Gasteiger partial charge in [-0.05, 0) is 31.0 Å². The van der Waals surface area contributed by atoms with Gasteiger partial charge in [-0.2, -0.15) is 0 Å². The van der Waals surface area contributed by atoms with Gasteiger partial charge in [-0.15, -0.1) is 0 Å². The van der Waals surface area contributed by atoms with Crippen LogP contribution in [0.1, 0.15) is 32.1 Å². The maximum Gasteiger partial charge on any atom is 0.125 e. The summed E-state index contributed by atoms with van der Waals surface area (Å²) >= 11 is 0. The lowest BCUT2D eigenvalue weighted by Gasteiger charge is -2.47. The van der Waals surface area contributed by atoms with Gasteiger partial charge in [-0.3, -0.25) is 0 Å². The number of benzene rings is 1. The third-order valence-corrected chi connectivity index (χ3v) is 4.36. The third-order valence-electron chi connectivity index (χ3n) is 4.36. The first-order valence-electron chi connectivity index (χ1n) is 7.03. The Morgan fingerprint density at radius 2 is 2.00 bits per heavy atom. The van der Waals surface area contributed by atoms with Crippen molar-refractivity contribution in [2.24, 2.45) is 0 Å². The molecule has 0 bridgehead atoms. The second kappa shape index (κ2) is 4.88. The van der Waals surface area contributed by atoms with Crippen LogP contribution in [0.5, 0.6) is 0 Å². The van der Waals surface area contributed by atoms with Gasteiger partial charge in [-0.25, -0.2) is 4.39 Å². The first kappa shape index (κ1) is 12.0. The molecular formula is C15H21FN2. The molecule has 3 rings (SSSR count). The van der Waals surface area contributed by atoms with E-state index in [9.17, 15) is 4.39 Å². The maximum absolute atomic E-state index is 13.3. The number of hydrogen-bond donors (Lipinski definition) is 1. The SMILES string of the molecule is Fc1cccc(N2CCNC3(CCCCC3)C2)c1. The van der Waals surface area contributed by atoms with Gasteiger partial charge >= 0.3 is 0 Å². The number of halogens is 1. The molecule has 2 aliphatic rings. The second-order valence-corrected chi connectivity index (χ2v) is 5.67. The highest BCUT2D eigenvalue weighted by Gasteiger charge is 2.36. The highest BCUT2D eigenvalue weighted by Crippen LogP contribution is 2.32. The fourth-order valence-corrected chi connectivity index (χ4v) is 3.41. The van der Waals surface area contributed by atoms with E-state index in [0.717, 1.165) is 25.3 Å². The van der Waals surface area contributed by atoms with E-state index in [0.29, 0.717) is 0 Å². The first-order valence-corrected chi connectivity index (χ1v) is 7.03. The molecule has 0 amide bonds. The summed E-state index contributed by atoms with van der Waals surface area (Å²) in [6.07, 6.45) is 6.54. The van der Waals surface area contributed by atoms with Crippen LogP contribution in [0.15, 0.2) is 24.3 Å². The molecule has 2 fully saturated rings. The van der Waals surface area contributed by atoms with Crippen LogP contribution in [0.3, 0.4) is 0 Å². The fraction of sp³-hybridized carbons (Fsp3) is 0.600. The van der Waals surface area contributed by atoms with E-state index in [1.54, 1.807) is 12.1 Å². The van der Waals surface area contributed by atoms with E-state index < -0.39 is 0 Å². The smallest absolute Gasteiger partial charge is 0.125 e. The van der Waals surface area contributed by atoms with Gasteiger partial charge in [0.25, 0.3) is 0 Å². The molecule has 98 valence electrons. The van der Waals surface area contributed by atoms with E-state index >= 15 is 0 Å². The molecule has 18 heavy (non-hydrogen) atoms. The molecule has 1 aromatic carbocycles. The van der Waals surface area contributed by atoms with Gasteiger partial charge in [0.05, 0.1) is 0 Å². The van der Waals surface area contributed by atoms with Gasteiger partial charge in [0.15, 0.2) is 0 Å². The molecule has 0 radical (unpaired) electrons. The number of hydrogen-bond acceptors (Lipinski definition) is 2. The van der Waals surface area contributed by atoms with Gasteiger partial charge < -0.3 is 10.2 Å². The average Bonchev–Trinajstić information content (AvgIpc) is 2.40. The van der Waals surface area contributed by atoms with Crippen molar-refractivity contribution >= 4 is 5.69 Å². The number of nitrogens with one attached hydrogen (secondary N) is 1. The summed E-state index contributed by atoms with van der Waals surface area (Å²) in [5.74, 6) is -0.135. The van der Waals surface area contributed by atoms with Crippen LogP contribution in [0, 0.1) is 5.82 Å². The lowest BCUT2D eigenvalue weighted by atomic mass is 9.80. The lowest BCUT2D eigenvalue weighted by Crippen LogP contribution is -2.61. The summed E-state index contributed by atoms with van der Waals surface area (Å²) in [4.78, 5) is 2.34. The summed E-state index contributed by atoms with van der Waals surface area (Å²) in [7, 11) is 0. The molecule has 1 saturated heterocycles. The van der Waals surface area contributed by atoms with Crippen LogP contribution in [-0.2, 0) is 0 Å². The Kier molecular flexibility index (Phi) is 3.25. The quantitative estimate of drug-likeness (QED) is 0.822. The zero-order chi connectivity index (χ0) is 12.4. The standard InChI is InChI=1S/C15H21FN2/c16-13-5-4-6-14(11-13)18-10-9-17-15(12-18)7-2-1-3-8-15/h4-6,11,17H,1-3,7-10,12H2. The van der Waals surface area contributed by atoms with Crippen molar-refractivity contribution in [3.05, 3.63) is 30.1 Å². The van der Waals surface area contributed by atoms with Gasteiger partial charge in [0.1, 0.15) is 5.82 Å². The van der Waals surface area contributed by atoms with Crippen molar-refractivity contribution in [2.75, 3.05) is 24.5 Å². The van der Waals surface area contributed by atoms with Gasteiger partial charge in [0.2, 0.25) is 0 Å². The highest BCUT2D eigenvalue weighted by molar-refractivity contribution is 5.47. The van der Waals surface area contributed by atoms with Crippen molar-refractivity contribution in [1.29, 1.82) is 0 Å². The van der Waals surface area contributed by atoms with Crippen LogP contribution in [-0.4, -0.2) is 25.2 Å². The average molecular weight is 248 g/mol. The summed E-state index contributed by atoms with van der Waals surface area (Å²) in [6, 6.07) is 7.00. The predicted octanol–water partition coefficient (Wildman–Crippen LogP) is 2.94. The van der Waals surface area contributed by atoms with Crippen LogP contribution in [0.2, 0.25) is 0 Å². The minimum atomic E-state index is -0.135. The number of piperazine rings is 1. The van der Waals surface area contributed by atoms with Crippen molar-refractivity contribution in [1.82, 2.24) is 5.32 Å². The Balaban J connectivity index is 1.77. The second-order valence-electron chi connectivity index (χ2n) is 5.67. The fourth-order valence-electron chi connectivity index (χ4n) is 3.41. The van der Waals surface area contributed by atoms with E-state index in [1.807, 2.05) is 6.07 Å². The number of nitrogens with zero attached hydrogens (tertiary/aromatic N) is 1. The Labute approximate surface area is 108 Å². The summed E-state index contributed by atoms with van der Waals surface area (Å²) < 4.78 is 13.3. The minimum absolute atomic E-state index is 0.135. The van der Waals surface area contributed by atoms with Crippen LogP contribution >= 0.6 is 0 Å². The Morgan fingerprint density at radius 1 is 1.17 bits per heavy atom. The van der Waals surface area contributed by atoms with Crippen LogP contribution < -0.4 is 10.2 Å². The Hall–Kier alpha value is -1.09. The molecule has 1 aliphatic carbocycles.